The molecule has 10 heteroatoms. The number of carbonyl (C=O) groups excluding carboxylic acids is 1. The van der Waals surface area contributed by atoms with Crippen LogP contribution in [0.4, 0.5) is 10.1 Å². The van der Waals surface area contributed by atoms with Gasteiger partial charge in [-0.2, -0.15) is 5.10 Å². The number of ether oxygens (including phenoxy) is 1. The summed E-state index contributed by atoms with van der Waals surface area (Å²) in [6.07, 6.45) is 1.16. The van der Waals surface area contributed by atoms with Gasteiger partial charge in [-0.05, 0) is 37.3 Å². The van der Waals surface area contributed by atoms with Gasteiger partial charge in [0.15, 0.2) is 5.75 Å². The van der Waals surface area contributed by atoms with E-state index in [-0.39, 0.29) is 16.9 Å². The normalized spacial score (nSPS) is 11.0. The van der Waals surface area contributed by atoms with Gasteiger partial charge in [0.25, 0.3) is 5.91 Å². The lowest BCUT2D eigenvalue weighted by molar-refractivity contribution is -0.386. The van der Waals surface area contributed by atoms with E-state index >= 15 is 0 Å². The Bertz CT molecular complexity index is 1160. The number of nitro benzene ring substituents is 1. The molecule has 9 nitrogen and oxygen atoms in total. The number of hydrogen-bond acceptors (Lipinski definition) is 7. The van der Waals surface area contributed by atoms with E-state index in [1.807, 2.05) is 0 Å². The highest BCUT2D eigenvalue weighted by Gasteiger charge is 2.19. The van der Waals surface area contributed by atoms with E-state index in [4.69, 9.17) is 4.74 Å². The Morgan fingerprint density at radius 3 is 2.79 bits per heavy atom. The zero-order chi connectivity index (χ0) is 21.1. The maximum absolute atomic E-state index is 13.4. The summed E-state index contributed by atoms with van der Waals surface area (Å²) < 4.78 is 18.3. The van der Waals surface area contributed by atoms with Crippen LogP contribution in [0.3, 0.4) is 0 Å². The number of aromatic nitrogens is 1. The number of amides is 1. The van der Waals surface area contributed by atoms with Crippen LogP contribution in [0.25, 0.3) is 10.9 Å². The van der Waals surface area contributed by atoms with Gasteiger partial charge in [-0.15, -0.1) is 0 Å². The average Bonchev–Trinajstić information content (AvgIpc) is 2.68. The van der Waals surface area contributed by atoms with Gasteiger partial charge >= 0.3 is 5.69 Å². The van der Waals surface area contributed by atoms with E-state index < -0.39 is 28.1 Å². The van der Waals surface area contributed by atoms with E-state index in [2.05, 4.69) is 15.5 Å². The number of hydrogen-bond donors (Lipinski definition) is 2. The van der Waals surface area contributed by atoms with Gasteiger partial charge in [0.2, 0.25) is 5.75 Å². The molecule has 3 rings (SSSR count). The standard InChI is InChI=1S/C19H15FN4O5/c1-10-14(8-12-7-13(20)3-4-15(12)22-10)19(26)23-21-9-11-5-16(24(27)28)18(25)17(6-11)29-2/h3-9,25H,1-2H3,(H,23,26)/b21-9-. The molecule has 0 unspecified atom stereocenters. The number of fused-ring (bicyclic) bond motifs is 1. The van der Waals surface area contributed by atoms with Crippen molar-refractivity contribution in [2.45, 2.75) is 6.92 Å². The average molecular weight is 398 g/mol. The fraction of sp³-hybridized carbons (Fsp3) is 0.105. The Morgan fingerprint density at radius 2 is 2.10 bits per heavy atom. The zero-order valence-corrected chi connectivity index (χ0v) is 15.3. The van der Waals surface area contributed by atoms with Crippen LogP contribution in [0.15, 0.2) is 41.5 Å². The minimum Gasteiger partial charge on any atom is -0.500 e. The van der Waals surface area contributed by atoms with Crippen molar-refractivity contribution in [1.82, 2.24) is 10.4 Å². The lowest BCUT2D eigenvalue weighted by Crippen LogP contribution is -2.19. The first-order valence-electron chi connectivity index (χ1n) is 8.26. The second-order valence-corrected chi connectivity index (χ2v) is 6.01. The van der Waals surface area contributed by atoms with Crippen LogP contribution >= 0.6 is 0 Å². The highest BCUT2D eigenvalue weighted by molar-refractivity contribution is 5.99. The number of phenols is 1. The summed E-state index contributed by atoms with van der Waals surface area (Å²) in [5.41, 5.74) is 3.14. The van der Waals surface area contributed by atoms with Crippen LogP contribution in [0.2, 0.25) is 0 Å². The first kappa shape index (κ1) is 19.7. The number of benzene rings is 2. The summed E-state index contributed by atoms with van der Waals surface area (Å²) >= 11 is 0. The monoisotopic (exact) mass is 398 g/mol. The van der Waals surface area contributed by atoms with Gasteiger partial charge < -0.3 is 9.84 Å². The lowest BCUT2D eigenvalue weighted by Gasteiger charge is -2.07. The van der Waals surface area contributed by atoms with E-state index in [1.54, 1.807) is 6.92 Å². The fourth-order valence-corrected chi connectivity index (χ4v) is 2.68. The number of phenolic OH excluding ortho intramolecular Hbond substituents is 1. The number of aryl methyl sites for hydroxylation is 1. The molecule has 0 fully saturated rings. The third kappa shape index (κ3) is 4.10. The molecular formula is C19H15FN4O5. The van der Waals surface area contributed by atoms with Crippen molar-refractivity contribution in [2.24, 2.45) is 5.10 Å². The van der Waals surface area contributed by atoms with Crippen LogP contribution in [0.5, 0.6) is 11.5 Å². The molecule has 2 aromatic carbocycles. The predicted molar refractivity (Wildman–Crippen MR) is 103 cm³/mol. The summed E-state index contributed by atoms with van der Waals surface area (Å²) in [5, 5.41) is 25.0. The first-order valence-corrected chi connectivity index (χ1v) is 8.26. The van der Waals surface area contributed by atoms with Crippen molar-refractivity contribution < 1.29 is 24.0 Å². The molecule has 3 aromatic rings. The number of hydrazone groups is 1. The number of nitrogens with zero attached hydrogens (tertiary/aromatic N) is 3. The maximum atomic E-state index is 13.4. The smallest absolute Gasteiger partial charge is 0.315 e. The largest absolute Gasteiger partial charge is 0.500 e. The van der Waals surface area contributed by atoms with Gasteiger partial charge in [0.05, 0.1) is 35.0 Å². The number of halogens is 1. The summed E-state index contributed by atoms with van der Waals surface area (Å²) in [5.74, 6) is -1.75. The minimum atomic E-state index is -0.767. The van der Waals surface area contributed by atoms with Crippen LogP contribution in [-0.4, -0.2) is 34.2 Å². The highest BCUT2D eigenvalue weighted by atomic mass is 19.1. The van der Waals surface area contributed by atoms with Crippen molar-refractivity contribution >= 4 is 28.7 Å². The molecule has 0 aliphatic carbocycles. The molecule has 29 heavy (non-hydrogen) atoms. The van der Waals surface area contributed by atoms with Crippen LogP contribution in [0.1, 0.15) is 21.6 Å². The van der Waals surface area contributed by atoms with Gasteiger partial charge in [-0.25, -0.2) is 9.82 Å². The molecule has 0 atom stereocenters. The Balaban J connectivity index is 1.85. The Kier molecular flexibility index (Phi) is 5.35. The van der Waals surface area contributed by atoms with Crippen LogP contribution in [0, 0.1) is 22.9 Å². The quantitative estimate of drug-likeness (QED) is 0.386. The topological polar surface area (TPSA) is 127 Å². The van der Waals surface area contributed by atoms with Gasteiger partial charge in [-0.1, -0.05) is 0 Å². The van der Waals surface area contributed by atoms with Crippen LogP contribution in [-0.2, 0) is 0 Å². The number of nitro groups is 1. The Labute approximate surface area is 163 Å². The van der Waals surface area contributed by atoms with E-state index in [1.165, 1.54) is 37.4 Å². The van der Waals surface area contributed by atoms with Gasteiger partial charge in [0, 0.05) is 17.0 Å². The van der Waals surface area contributed by atoms with Gasteiger partial charge in [-0.3, -0.25) is 19.9 Å². The lowest BCUT2D eigenvalue weighted by atomic mass is 10.1. The second kappa shape index (κ2) is 7.89. The summed E-state index contributed by atoms with van der Waals surface area (Å²) in [4.78, 5) is 26.9. The van der Waals surface area contributed by atoms with Crippen LogP contribution < -0.4 is 10.2 Å². The van der Waals surface area contributed by atoms with Gasteiger partial charge in [0.1, 0.15) is 5.82 Å². The van der Waals surface area contributed by atoms with E-state index in [0.717, 1.165) is 12.3 Å². The van der Waals surface area contributed by atoms with Crippen molar-refractivity contribution in [1.29, 1.82) is 0 Å². The Hall–Kier alpha value is -4.08. The molecule has 0 saturated heterocycles. The number of aromatic hydroxyl groups is 1. The third-order valence-electron chi connectivity index (χ3n) is 4.09. The molecule has 2 N–H and O–H groups in total. The number of nitrogens with one attached hydrogen (secondary N) is 1. The molecule has 1 amide bonds. The van der Waals surface area contributed by atoms with Crippen molar-refractivity contribution in [3.05, 3.63) is 69.2 Å². The summed E-state index contributed by atoms with van der Waals surface area (Å²) in [6.45, 7) is 1.63. The van der Waals surface area contributed by atoms with Crippen molar-refractivity contribution in [2.75, 3.05) is 7.11 Å². The number of rotatable bonds is 5. The second-order valence-electron chi connectivity index (χ2n) is 6.01. The zero-order valence-electron chi connectivity index (χ0n) is 15.3. The molecule has 0 bridgehead atoms. The third-order valence-corrected chi connectivity index (χ3v) is 4.09. The fourth-order valence-electron chi connectivity index (χ4n) is 2.68. The molecule has 148 valence electrons. The highest BCUT2D eigenvalue weighted by Crippen LogP contribution is 2.36. The van der Waals surface area contributed by atoms with E-state index in [9.17, 15) is 24.4 Å². The summed E-state index contributed by atoms with van der Waals surface area (Å²) in [6, 6.07) is 7.97. The molecule has 1 heterocycles. The molecule has 0 spiro atoms. The molecular weight excluding hydrogens is 383 g/mol. The number of pyridine rings is 1. The molecule has 0 aliphatic heterocycles. The molecule has 0 radical (unpaired) electrons. The first-order chi connectivity index (χ1) is 13.8. The van der Waals surface area contributed by atoms with E-state index in [0.29, 0.717) is 16.6 Å². The molecule has 1 aromatic heterocycles. The van der Waals surface area contributed by atoms with Crippen molar-refractivity contribution in [3.8, 4) is 11.5 Å². The Morgan fingerprint density at radius 1 is 1.34 bits per heavy atom. The molecule has 0 saturated carbocycles. The number of carbonyl (C=O) groups is 1. The minimum absolute atomic E-state index is 0.108. The summed E-state index contributed by atoms with van der Waals surface area (Å²) in [7, 11) is 1.25. The predicted octanol–water partition coefficient (Wildman–Crippen LogP) is 3.07. The van der Waals surface area contributed by atoms with Crippen molar-refractivity contribution in [3.63, 3.8) is 0 Å². The molecule has 0 aliphatic rings. The number of methoxy groups -OCH3 is 1. The SMILES string of the molecule is COc1cc(/C=N\NC(=O)c2cc3cc(F)ccc3nc2C)cc([N+](=O)[O-])c1O. The maximum Gasteiger partial charge on any atom is 0.315 e.